The van der Waals surface area contributed by atoms with Gasteiger partial charge in [0.15, 0.2) is 0 Å². The average molecular weight is 735 g/mol. The number of allylic oxidation sites excluding steroid dienone is 2. The van der Waals surface area contributed by atoms with Crippen molar-refractivity contribution in [3.8, 4) is 44.5 Å². The first kappa shape index (κ1) is 33.5. The van der Waals surface area contributed by atoms with E-state index in [1.165, 1.54) is 70.7 Å². The number of benzene rings is 9. The third-order valence-electron chi connectivity index (χ3n) is 13.1. The third-order valence-corrected chi connectivity index (χ3v) is 13.1. The second kappa shape index (κ2) is 12.1. The zero-order valence-electron chi connectivity index (χ0n) is 32.0. The monoisotopic (exact) mass is 734 g/mol. The fraction of sp³-hybridized carbons (Fsp3) is 0.0943. The summed E-state index contributed by atoms with van der Waals surface area (Å²) in [6.07, 6.45) is 9.50. The lowest BCUT2D eigenvalue weighted by Gasteiger charge is -2.35. The van der Waals surface area contributed by atoms with Gasteiger partial charge in [-0.05, 0) is 148 Å². The van der Waals surface area contributed by atoms with Crippen LogP contribution in [0.5, 0.6) is 0 Å². The number of hydrogen-bond acceptors (Lipinski definition) is 4. The number of para-hydroxylation sites is 3. The largest absolute Gasteiger partial charge is 0.398 e. The summed E-state index contributed by atoms with van der Waals surface area (Å²) in [5, 5.41) is 12.2. The Morgan fingerprint density at radius 2 is 0.842 bits per heavy atom. The van der Waals surface area contributed by atoms with E-state index in [0.29, 0.717) is 0 Å². The van der Waals surface area contributed by atoms with Crippen molar-refractivity contribution < 1.29 is 0 Å². The lowest BCUT2D eigenvalue weighted by atomic mass is 9.71. The molecule has 0 bridgehead atoms. The molecule has 10 aromatic rings. The highest BCUT2D eigenvalue weighted by atomic mass is 14.7. The molecule has 4 heteroatoms. The summed E-state index contributed by atoms with van der Waals surface area (Å²) in [6, 6.07) is 45.4. The molecule has 11 rings (SSSR count). The maximum atomic E-state index is 7.12. The predicted octanol–water partition coefficient (Wildman–Crippen LogP) is 12.5. The van der Waals surface area contributed by atoms with Crippen molar-refractivity contribution in [2.75, 3.05) is 17.2 Å². The molecule has 8 N–H and O–H groups in total. The molecule has 10 aromatic carbocycles. The summed E-state index contributed by atoms with van der Waals surface area (Å²) in [5.41, 5.74) is 40.8. The molecule has 2 unspecified atom stereocenters. The van der Waals surface area contributed by atoms with Crippen molar-refractivity contribution in [3.05, 3.63) is 163 Å². The fourth-order valence-corrected chi connectivity index (χ4v) is 10.2. The van der Waals surface area contributed by atoms with Gasteiger partial charge in [0, 0.05) is 45.2 Å². The minimum absolute atomic E-state index is 0.234. The number of anilines is 3. The summed E-state index contributed by atoms with van der Waals surface area (Å²) in [6.45, 7) is 4.51. The van der Waals surface area contributed by atoms with Crippen LogP contribution in [0, 0.1) is 0 Å². The van der Waals surface area contributed by atoms with Crippen LogP contribution in [0.3, 0.4) is 0 Å². The molecule has 0 spiro atoms. The summed E-state index contributed by atoms with van der Waals surface area (Å²) in [7, 11) is 0. The van der Waals surface area contributed by atoms with Crippen molar-refractivity contribution in [3.63, 3.8) is 0 Å². The number of rotatable bonds is 6. The second-order valence-corrected chi connectivity index (χ2v) is 16.1. The molecular weight excluding hydrogens is 693 g/mol. The molecule has 0 fully saturated rings. The molecule has 274 valence electrons. The van der Waals surface area contributed by atoms with E-state index in [1.54, 1.807) is 0 Å². The molecule has 1 aliphatic carbocycles. The molecule has 0 heterocycles. The Hall–Kier alpha value is -6.88. The number of aryl methyl sites for hydroxylation is 1. The molecule has 0 radical (unpaired) electrons. The van der Waals surface area contributed by atoms with Crippen molar-refractivity contribution in [1.82, 2.24) is 0 Å². The van der Waals surface area contributed by atoms with E-state index < -0.39 is 5.41 Å². The van der Waals surface area contributed by atoms with Gasteiger partial charge < -0.3 is 22.9 Å². The van der Waals surface area contributed by atoms with Gasteiger partial charge in [-0.25, -0.2) is 0 Å². The van der Waals surface area contributed by atoms with Gasteiger partial charge in [0.25, 0.3) is 0 Å². The maximum absolute atomic E-state index is 7.12. The Kier molecular flexibility index (Phi) is 7.08. The zero-order valence-corrected chi connectivity index (χ0v) is 32.0. The minimum atomic E-state index is -0.498. The lowest BCUT2D eigenvalue weighted by molar-refractivity contribution is 0.524. The Bertz CT molecular complexity index is 3300. The van der Waals surface area contributed by atoms with E-state index in [9.17, 15) is 0 Å². The van der Waals surface area contributed by atoms with Gasteiger partial charge in [-0.2, -0.15) is 0 Å². The van der Waals surface area contributed by atoms with E-state index in [1.807, 2.05) is 36.4 Å². The highest BCUT2D eigenvalue weighted by Gasteiger charge is 2.36. The van der Waals surface area contributed by atoms with Crippen LogP contribution in [0.1, 0.15) is 25.0 Å². The first-order valence-electron chi connectivity index (χ1n) is 19.9. The third kappa shape index (κ3) is 4.53. The average Bonchev–Trinajstić information content (AvgIpc) is 3.60. The second-order valence-electron chi connectivity index (χ2n) is 16.1. The van der Waals surface area contributed by atoms with Crippen LogP contribution in [-0.2, 0) is 11.8 Å². The maximum Gasteiger partial charge on any atom is 0.0393 e. The Balaban J connectivity index is 1.46. The first-order chi connectivity index (χ1) is 27.8. The van der Waals surface area contributed by atoms with Gasteiger partial charge in [0.2, 0.25) is 0 Å². The molecule has 57 heavy (non-hydrogen) atoms. The number of nitrogens with two attached hydrogens (primary N) is 4. The number of nitrogen functional groups attached to an aromatic ring is 3. The molecule has 1 aliphatic rings. The standard InChI is InChI=1S/C53H42N4/c1-3-29-14-4-5-15-30(29)34-24-39-35(31-16-6-9-19-44(31)54)25-40-37(33-18-8-11-21-46(33)56)27-42-43(53(2)23-13-12-22-47(53)57)28-41-36(32-17-7-10-20-45(32)55)26-38(34)48-49(39)50(40)52(42)51(41)48/h4-28,47H,3,54-57H2,1-2H3. The smallest absolute Gasteiger partial charge is 0.0393 e. The van der Waals surface area contributed by atoms with Crippen LogP contribution >= 0.6 is 0 Å². The van der Waals surface area contributed by atoms with Gasteiger partial charge in [0.05, 0.1) is 0 Å². The number of hydrogen-bond donors (Lipinski definition) is 4. The summed E-state index contributed by atoms with van der Waals surface area (Å²) >= 11 is 0. The molecular formula is C53H42N4. The van der Waals surface area contributed by atoms with Crippen LogP contribution < -0.4 is 22.9 Å². The van der Waals surface area contributed by atoms with Gasteiger partial charge >= 0.3 is 0 Å². The highest BCUT2D eigenvalue weighted by molar-refractivity contribution is 6.49. The highest BCUT2D eigenvalue weighted by Crippen LogP contribution is 2.58. The predicted molar refractivity (Wildman–Crippen MR) is 245 cm³/mol. The Morgan fingerprint density at radius 3 is 1.30 bits per heavy atom. The van der Waals surface area contributed by atoms with Gasteiger partial charge in [0.1, 0.15) is 0 Å². The Labute approximate surface area is 331 Å². The minimum Gasteiger partial charge on any atom is -0.398 e. The molecule has 0 aromatic heterocycles. The van der Waals surface area contributed by atoms with E-state index in [0.717, 1.165) is 62.2 Å². The molecule has 0 saturated heterocycles. The van der Waals surface area contributed by atoms with E-state index in [2.05, 4.69) is 129 Å². The molecule has 0 saturated carbocycles. The van der Waals surface area contributed by atoms with Crippen LogP contribution in [-0.4, -0.2) is 6.04 Å². The summed E-state index contributed by atoms with van der Waals surface area (Å²) < 4.78 is 0. The zero-order chi connectivity index (χ0) is 38.7. The van der Waals surface area contributed by atoms with Crippen LogP contribution in [0.25, 0.3) is 98.4 Å². The molecule has 0 amide bonds. The molecule has 2 atom stereocenters. The quantitative estimate of drug-likeness (QED) is 0.101. The SMILES string of the molecule is CCc1ccccc1-c1cc2c(-c3ccccc3N)cc3c(-c4ccccc4N)cc4c(C5(C)C=CC=CC5N)cc5c(-c6ccccc6N)cc1c1c2c3c4c51. The summed E-state index contributed by atoms with van der Waals surface area (Å²) in [4.78, 5) is 0. The molecule has 0 aliphatic heterocycles. The van der Waals surface area contributed by atoms with Gasteiger partial charge in [-0.1, -0.05) is 117 Å². The van der Waals surface area contributed by atoms with Crippen molar-refractivity contribution in [1.29, 1.82) is 0 Å². The van der Waals surface area contributed by atoms with Gasteiger partial charge in [-0.3, -0.25) is 0 Å². The van der Waals surface area contributed by atoms with Gasteiger partial charge in [-0.15, -0.1) is 0 Å². The fourth-order valence-electron chi connectivity index (χ4n) is 10.2. The summed E-state index contributed by atoms with van der Waals surface area (Å²) in [5.74, 6) is 0. The molecule has 4 nitrogen and oxygen atoms in total. The van der Waals surface area contributed by atoms with Crippen LogP contribution in [0.4, 0.5) is 17.1 Å². The van der Waals surface area contributed by atoms with E-state index in [-0.39, 0.29) is 6.04 Å². The van der Waals surface area contributed by atoms with E-state index in [4.69, 9.17) is 22.9 Å². The van der Waals surface area contributed by atoms with Crippen LogP contribution in [0.2, 0.25) is 0 Å². The first-order valence-corrected chi connectivity index (χ1v) is 19.9. The lowest BCUT2D eigenvalue weighted by Crippen LogP contribution is -2.41. The normalized spacial score (nSPS) is 17.1. The topological polar surface area (TPSA) is 104 Å². The Morgan fingerprint density at radius 1 is 0.456 bits per heavy atom. The van der Waals surface area contributed by atoms with Crippen molar-refractivity contribution in [2.45, 2.75) is 31.7 Å². The van der Waals surface area contributed by atoms with E-state index >= 15 is 0 Å². The van der Waals surface area contributed by atoms with Crippen molar-refractivity contribution >= 4 is 70.9 Å². The van der Waals surface area contributed by atoms with Crippen molar-refractivity contribution in [2.24, 2.45) is 5.73 Å². The van der Waals surface area contributed by atoms with Crippen LogP contribution in [0.15, 0.2) is 152 Å².